The number of benzene rings is 1. The normalized spacial score (nSPS) is 11.7. The summed E-state index contributed by atoms with van der Waals surface area (Å²) in [7, 11) is 0. The molecule has 1 amide bonds. The average Bonchev–Trinajstić information content (AvgIpc) is 2.87. The first-order chi connectivity index (χ1) is 11.3. The third-order valence-electron chi connectivity index (χ3n) is 3.30. The Bertz CT molecular complexity index is 884. The van der Waals surface area contributed by atoms with E-state index in [4.69, 9.17) is 0 Å². The minimum atomic E-state index is -4.42. The summed E-state index contributed by atoms with van der Waals surface area (Å²) in [5.41, 5.74) is 0.379. The van der Waals surface area contributed by atoms with E-state index in [1.807, 2.05) is 0 Å². The van der Waals surface area contributed by atoms with Gasteiger partial charge in [-0.2, -0.15) is 13.2 Å². The second-order valence-corrected chi connectivity index (χ2v) is 5.15. The van der Waals surface area contributed by atoms with Crippen LogP contribution in [-0.2, 0) is 17.4 Å². The van der Waals surface area contributed by atoms with Crippen LogP contribution in [0.2, 0.25) is 0 Å². The van der Waals surface area contributed by atoms with Gasteiger partial charge in [0, 0.05) is 18.1 Å². The molecule has 2 aromatic heterocycles. The van der Waals surface area contributed by atoms with Crippen molar-refractivity contribution in [1.82, 2.24) is 9.38 Å². The van der Waals surface area contributed by atoms with Gasteiger partial charge in [0.2, 0.25) is 5.91 Å². The number of carbonyl (C=O) groups excluding carboxylic acids is 1. The quantitative estimate of drug-likeness (QED) is 0.741. The summed E-state index contributed by atoms with van der Waals surface area (Å²) in [6, 6.07) is 6.88. The molecule has 0 saturated carbocycles. The first-order valence-electron chi connectivity index (χ1n) is 6.91. The highest BCUT2D eigenvalue weighted by Crippen LogP contribution is 2.29. The molecule has 0 unspecified atom stereocenters. The molecule has 0 aliphatic heterocycles. The van der Waals surface area contributed by atoms with Crippen molar-refractivity contribution in [2.24, 2.45) is 0 Å². The van der Waals surface area contributed by atoms with E-state index in [2.05, 4.69) is 10.3 Å². The molecule has 2 heterocycles. The lowest BCUT2D eigenvalue weighted by molar-refractivity contribution is -0.137. The summed E-state index contributed by atoms with van der Waals surface area (Å²) >= 11 is 0. The lowest BCUT2D eigenvalue weighted by Gasteiger charge is -2.08. The third kappa shape index (κ3) is 3.53. The highest BCUT2D eigenvalue weighted by Gasteiger charge is 2.29. The van der Waals surface area contributed by atoms with Crippen LogP contribution in [0.15, 0.2) is 48.8 Å². The number of carbonyl (C=O) groups is 1. The molecule has 124 valence electrons. The second kappa shape index (κ2) is 5.95. The van der Waals surface area contributed by atoms with Gasteiger partial charge in [0.1, 0.15) is 11.5 Å². The molecule has 1 aromatic carbocycles. The molecule has 3 rings (SSSR count). The van der Waals surface area contributed by atoms with E-state index in [9.17, 15) is 22.4 Å². The number of pyridine rings is 1. The molecule has 0 spiro atoms. The van der Waals surface area contributed by atoms with Crippen LogP contribution in [0, 0.1) is 5.82 Å². The van der Waals surface area contributed by atoms with Crippen LogP contribution >= 0.6 is 0 Å². The number of fused-ring (bicyclic) bond motifs is 1. The van der Waals surface area contributed by atoms with Gasteiger partial charge < -0.3 is 9.72 Å². The highest BCUT2D eigenvalue weighted by molar-refractivity contribution is 5.92. The summed E-state index contributed by atoms with van der Waals surface area (Å²) in [5.74, 6) is -0.862. The molecule has 0 aliphatic rings. The Hall–Kier alpha value is -2.90. The number of aromatic nitrogens is 2. The van der Waals surface area contributed by atoms with Crippen molar-refractivity contribution in [2.75, 3.05) is 5.32 Å². The molecule has 0 bridgehead atoms. The van der Waals surface area contributed by atoms with Crippen LogP contribution in [0.1, 0.15) is 11.3 Å². The zero-order valence-corrected chi connectivity index (χ0v) is 12.1. The molecule has 0 atom stereocenters. The van der Waals surface area contributed by atoms with Gasteiger partial charge in [0.15, 0.2) is 0 Å². The summed E-state index contributed by atoms with van der Waals surface area (Å²) in [6.07, 6.45) is -1.75. The Morgan fingerprint density at radius 1 is 1.08 bits per heavy atom. The van der Waals surface area contributed by atoms with Gasteiger partial charge in [-0.25, -0.2) is 9.37 Å². The Morgan fingerprint density at radius 3 is 2.46 bits per heavy atom. The zero-order valence-electron chi connectivity index (χ0n) is 12.1. The molecular weight excluding hydrogens is 326 g/mol. The summed E-state index contributed by atoms with van der Waals surface area (Å²) in [6.45, 7) is 0. The lowest BCUT2D eigenvalue weighted by Crippen LogP contribution is -2.15. The van der Waals surface area contributed by atoms with E-state index < -0.39 is 23.5 Å². The molecule has 0 aliphatic carbocycles. The standard InChI is InChI=1S/C16H11F4N3O/c17-11-3-6-14-21-13(9-23(14)8-11)7-15(24)22-12-4-1-10(2-5-12)16(18,19)20/h1-6,8-9H,7H2,(H,22,24). The molecular formula is C16H11F4N3O. The number of hydrogen-bond donors (Lipinski definition) is 1. The number of nitrogens with one attached hydrogen (secondary N) is 1. The molecule has 1 N–H and O–H groups in total. The predicted molar refractivity (Wildman–Crippen MR) is 78.9 cm³/mol. The Kier molecular flexibility index (Phi) is 3.96. The van der Waals surface area contributed by atoms with Crippen LogP contribution < -0.4 is 5.32 Å². The van der Waals surface area contributed by atoms with Crippen molar-refractivity contribution in [3.8, 4) is 0 Å². The first kappa shape index (κ1) is 16.0. The number of alkyl halides is 3. The zero-order chi connectivity index (χ0) is 17.3. The molecule has 3 aromatic rings. The van der Waals surface area contributed by atoms with Crippen molar-refractivity contribution < 1.29 is 22.4 Å². The predicted octanol–water partition coefficient (Wildman–Crippen LogP) is 3.67. The number of rotatable bonds is 3. The van der Waals surface area contributed by atoms with Crippen molar-refractivity contribution >= 4 is 17.2 Å². The fraction of sp³-hybridized carbons (Fsp3) is 0.125. The van der Waals surface area contributed by atoms with Crippen LogP contribution in [0.25, 0.3) is 5.65 Å². The fourth-order valence-corrected chi connectivity index (χ4v) is 2.21. The lowest BCUT2D eigenvalue weighted by atomic mass is 10.2. The minimum absolute atomic E-state index is 0.0790. The van der Waals surface area contributed by atoms with E-state index in [1.54, 1.807) is 0 Å². The second-order valence-electron chi connectivity index (χ2n) is 5.15. The minimum Gasteiger partial charge on any atom is -0.326 e. The molecule has 0 radical (unpaired) electrons. The smallest absolute Gasteiger partial charge is 0.326 e. The van der Waals surface area contributed by atoms with Crippen LogP contribution in [0.4, 0.5) is 23.2 Å². The van der Waals surface area contributed by atoms with Crippen molar-refractivity contribution in [3.05, 3.63) is 65.9 Å². The molecule has 0 saturated heterocycles. The van der Waals surface area contributed by atoms with Crippen LogP contribution in [0.5, 0.6) is 0 Å². The Balaban J connectivity index is 1.68. The van der Waals surface area contributed by atoms with Gasteiger partial charge in [-0.15, -0.1) is 0 Å². The first-order valence-corrected chi connectivity index (χ1v) is 6.91. The molecule has 0 fully saturated rings. The SMILES string of the molecule is O=C(Cc1cn2cc(F)ccc2n1)Nc1ccc(C(F)(F)F)cc1. The van der Waals surface area contributed by atoms with Crippen LogP contribution in [-0.4, -0.2) is 15.3 Å². The Morgan fingerprint density at radius 2 is 1.79 bits per heavy atom. The average molecular weight is 337 g/mol. The largest absolute Gasteiger partial charge is 0.416 e. The number of halogens is 4. The van der Waals surface area contributed by atoms with E-state index in [0.717, 1.165) is 12.1 Å². The number of imidazole rings is 1. The van der Waals surface area contributed by atoms with Gasteiger partial charge in [-0.05, 0) is 36.4 Å². The van der Waals surface area contributed by atoms with E-state index in [0.29, 0.717) is 11.3 Å². The van der Waals surface area contributed by atoms with Gasteiger partial charge in [0.25, 0.3) is 0 Å². The highest BCUT2D eigenvalue weighted by atomic mass is 19.4. The molecule has 8 heteroatoms. The third-order valence-corrected chi connectivity index (χ3v) is 3.30. The summed E-state index contributed by atoms with van der Waals surface area (Å²) in [5, 5.41) is 2.50. The summed E-state index contributed by atoms with van der Waals surface area (Å²) < 4.78 is 52.0. The van der Waals surface area contributed by atoms with Gasteiger partial charge >= 0.3 is 6.18 Å². The van der Waals surface area contributed by atoms with Crippen molar-refractivity contribution in [1.29, 1.82) is 0 Å². The monoisotopic (exact) mass is 337 g/mol. The fourth-order valence-electron chi connectivity index (χ4n) is 2.21. The number of nitrogens with zero attached hydrogens (tertiary/aromatic N) is 2. The van der Waals surface area contributed by atoms with Crippen LogP contribution in [0.3, 0.4) is 0 Å². The van der Waals surface area contributed by atoms with Crippen molar-refractivity contribution in [3.63, 3.8) is 0 Å². The Labute approximate surface area is 133 Å². The van der Waals surface area contributed by atoms with Crippen molar-refractivity contribution in [2.45, 2.75) is 12.6 Å². The number of amides is 1. The maximum atomic E-state index is 13.1. The maximum Gasteiger partial charge on any atom is 0.416 e. The van der Waals surface area contributed by atoms with E-state index in [1.165, 1.54) is 41.1 Å². The summed E-state index contributed by atoms with van der Waals surface area (Å²) in [4.78, 5) is 16.1. The molecule has 4 nitrogen and oxygen atoms in total. The number of hydrogen-bond acceptors (Lipinski definition) is 2. The van der Waals surface area contributed by atoms with Gasteiger partial charge in [-0.1, -0.05) is 0 Å². The van der Waals surface area contributed by atoms with E-state index in [-0.39, 0.29) is 12.1 Å². The number of anilines is 1. The van der Waals surface area contributed by atoms with E-state index >= 15 is 0 Å². The maximum absolute atomic E-state index is 13.1. The van der Waals surface area contributed by atoms with Gasteiger partial charge in [-0.3, -0.25) is 4.79 Å². The topological polar surface area (TPSA) is 46.4 Å². The molecule has 24 heavy (non-hydrogen) atoms. The van der Waals surface area contributed by atoms with Gasteiger partial charge in [0.05, 0.1) is 17.7 Å².